The number of rotatable bonds is 8. The molecule has 2 rings (SSSR count). The highest BCUT2D eigenvalue weighted by Gasteiger charge is 2.09. The zero-order valence-electron chi connectivity index (χ0n) is 14.0. The van der Waals surface area contributed by atoms with Gasteiger partial charge in [0.15, 0.2) is 6.61 Å². The maximum atomic E-state index is 12.8. The highest BCUT2D eigenvalue weighted by atomic mass is 32.2. The van der Waals surface area contributed by atoms with Crippen molar-refractivity contribution in [2.45, 2.75) is 18.2 Å². The lowest BCUT2D eigenvalue weighted by molar-refractivity contribution is -0.145. The summed E-state index contributed by atoms with van der Waals surface area (Å²) in [5.41, 5.74) is 2.02. The van der Waals surface area contributed by atoms with E-state index >= 15 is 0 Å². The molecule has 0 aliphatic rings. The summed E-state index contributed by atoms with van der Waals surface area (Å²) in [6.07, 6.45) is 0.586. The van der Waals surface area contributed by atoms with Crippen LogP contribution >= 0.6 is 11.8 Å². The third kappa shape index (κ3) is 6.97. The summed E-state index contributed by atoms with van der Waals surface area (Å²) in [6, 6.07) is 13.9. The van der Waals surface area contributed by atoms with Crippen molar-refractivity contribution in [3.8, 4) is 0 Å². The fraction of sp³-hybridized carbons (Fsp3) is 0.263. The molecule has 6 heteroatoms. The highest BCUT2D eigenvalue weighted by molar-refractivity contribution is 8.00. The van der Waals surface area contributed by atoms with Crippen molar-refractivity contribution in [1.29, 1.82) is 0 Å². The van der Waals surface area contributed by atoms with Gasteiger partial charge in [-0.05, 0) is 42.7 Å². The maximum absolute atomic E-state index is 12.8. The van der Waals surface area contributed by atoms with Gasteiger partial charge in [-0.3, -0.25) is 9.59 Å². The van der Waals surface area contributed by atoms with Crippen molar-refractivity contribution in [2.75, 3.05) is 18.9 Å². The highest BCUT2D eigenvalue weighted by Crippen LogP contribution is 2.21. The molecule has 0 saturated heterocycles. The van der Waals surface area contributed by atoms with Gasteiger partial charge in [-0.15, -0.1) is 11.8 Å². The minimum absolute atomic E-state index is 0.160. The van der Waals surface area contributed by atoms with Gasteiger partial charge in [0.2, 0.25) is 0 Å². The van der Waals surface area contributed by atoms with Crippen LogP contribution in [0.3, 0.4) is 0 Å². The first-order valence-electron chi connectivity index (χ1n) is 7.90. The van der Waals surface area contributed by atoms with Crippen LogP contribution in [-0.4, -0.2) is 30.8 Å². The molecular formula is C19H20FNO3S. The summed E-state index contributed by atoms with van der Waals surface area (Å²) in [5, 5.41) is 2.67. The molecule has 0 aliphatic heterocycles. The molecule has 0 fully saturated rings. The Bertz CT molecular complexity index is 719. The number of benzene rings is 2. The number of aryl methyl sites for hydroxylation is 1. The Kier molecular flexibility index (Phi) is 7.47. The van der Waals surface area contributed by atoms with Crippen LogP contribution in [0.2, 0.25) is 0 Å². The lowest BCUT2D eigenvalue weighted by atomic mass is 10.1. The van der Waals surface area contributed by atoms with Crippen LogP contribution in [0, 0.1) is 12.7 Å². The van der Waals surface area contributed by atoms with Gasteiger partial charge in [-0.1, -0.05) is 30.3 Å². The van der Waals surface area contributed by atoms with Gasteiger partial charge in [0.1, 0.15) is 5.82 Å². The third-order valence-corrected chi connectivity index (χ3v) is 4.60. The molecule has 132 valence electrons. The molecule has 1 amide bonds. The Morgan fingerprint density at radius 1 is 1.12 bits per heavy atom. The Morgan fingerprint density at radius 2 is 1.84 bits per heavy atom. The molecule has 25 heavy (non-hydrogen) atoms. The number of carbonyl (C=O) groups is 2. The number of thioether (sulfide) groups is 1. The minimum atomic E-state index is -0.429. The van der Waals surface area contributed by atoms with E-state index in [-0.39, 0.29) is 24.1 Å². The van der Waals surface area contributed by atoms with Gasteiger partial charge in [-0.25, -0.2) is 4.39 Å². The molecule has 0 bridgehead atoms. The number of carbonyl (C=O) groups excluding carboxylic acids is 2. The van der Waals surface area contributed by atoms with Gasteiger partial charge in [0, 0.05) is 11.4 Å². The molecule has 0 unspecified atom stereocenters. The van der Waals surface area contributed by atoms with Crippen molar-refractivity contribution >= 4 is 23.6 Å². The number of nitrogens with one attached hydrogen (secondary N) is 1. The van der Waals surface area contributed by atoms with Crippen LogP contribution in [0.25, 0.3) is 0 Å². The van der Waals surface area contributed by atoms with E-state index in [4.69, 9.17) is 4.74 Å². The Morgan fingerprint density at radius 3 is 2.56 bits per heavy atom. The molecular weight excluding hydrogens is 341 g/mol. The molecule has 0 heterocycles. The molecule has 2 aromatic carbocycles. The number of halogens is 1. The molecule has 0 aromatic heterocycles. The lowest BCUT2D eigenvalue weighted by Crippen LogP contribution is -2.30. The van der Waals surface area contributed by atoms with E-state index in [1.54, 1.807) is 12.1 Å². The lowest BCUT2D eigenvalue weighted by Gasteiger charge is -2.07. The molecule has 0 atom stereocenters. The summed E-state index contributed by atoms with van der Waals surface area (Å²) in [4.78, 5) is 24.4. The van der Waals surface area contributed by atoms with Crippen LogP contribution in [0.15, 0.2) is 53.4 Å². The van der Waals surface area contributed by atoms with Crippen molar-refractivity contribution in [3.05, 3.63) is 65.5 Å². The van der Waals surface area contributed by atoms with Gasteiger partial charge >= 0.3 is 5.97 Å². The monoisotopic (exact) mass is 361 g/mol. The fourth-order valence-corrected chi connectivity index (χ4v) is 2.92. The van der Waals surface area contributed by atoms with Gasteiger partial charge in [0.25, 0.3) is 5.91 Å². The Hall–Kier alpha value is -2.34. The summed E-state index contributed by atoms with van der Waals surface area (Å²) in [7, 11) is 0. The molecule has 0 spiro atoms. The topological polar surface area (TPSA) is 55.4 Å². The first-order valence-corrected chi connectivity index (χ1v) is 8.88. The van der Waals surface area contributed by atoms with Crippen molar-refractivity contribution in [3.63, 3.8) is 0 Å². The quantitative estimate of drug-likeness (QED) is 0.580. The Labute approximate surface area is 150 Å². The van der Waals surface area contributed by atoms with Crippen molar-refractivity contribution in [1.82, 2.24) is 5.32 Å². The zero-order chi connectivity index (χ0) is 18.1. The van der Waals surface area contributed by atoms with Crippen LogP contribution in [0.1, 0.15) is 11.1 Å². The summed E-state index contributed by atoms with van der Waals surface area (Å²) in [6.45, 7) is 2.08. The van der Waals surface area contributed by atoms with E-state index in [1.165, 1.54) is 23.9 Å². The molecule has 0 aliphatic carbocycles. The van der Waals surface area contributed by atoms with Crippen LogP contribution in [-0.2, 0) is 20.7 Å². The number of hydrogen-bond donors (Lipinski definition) is 1. The number of esters is 1. The smallest absolute Gasteiger partial charge is 0.316 e. The van der Waals surface area contributed by atoms with Crippen molar-refractivity contribution in [2.24, 2.45) is 0 Å². The second-order valence-electron chi connectivity index (χ2n) is 5.44. The standard InChI is InChI=1S/C19H20FNO3S/c1-14-4-2-3-5-17(14)25-13-19(23)24-12-18(22)21-11-10-15-6-8-16(20)9-7-15/h2-9H,10-13H2,1H3,(H,21,22). The second-order valence-corrected chi connectivity index (χ2v) is 6.46. The van der Waals surface area contributed by atoms with E-state index < -0.39 is 5.97 Å². The first-order chi connectivity index (χ1) is 12.0. The van der Waals surface area contributed by atoms with E-state index in [1.807, 2.05) is 31.2 Å². The predicted octanol–water partition coefficient (Wildman–Crippen LogP) is 3.13. The van der Waals surface area contributed by atoms with E-state index in [0.29, 0.717) is 13.0 Å². The number of ether oxygens (including phenoxy) is 1. The maximum Gasteiger partial charge on any atom is 0.316 e. The molecule has 2 aromatic rings. The summed E-state index contributed by atoms with van der Waals surface area (Å²) >= 11 is 1.39. The second kappa shape index (κ2) is 9.84. The van der Waals surface area contributed by atoms with Crippen LogP contribution in [0.4, 0.5) is 4.39 Å². The minimum Gasteiger partial charge on any atom is -0.455 e. The summed E-state index contributed by atoms with van der Waals surface area (Å²) in [5.74, 6) is -0.908. The summed E-state index contributed by atoms with van der Waals surface area (Å²) < 4.78 is 17.7. The molecule has 4 nitrogen and oxygen atoms in total. The average Bonchev–Trinajstić information content (AvgIpc) is 2.61. The van der Waals surface area contributed by atoms with E-state index in [9.17, 15) is 14.0 Å². The SMILES string of the molecule is Cc1ccccc1SCC(=O)OCC(=O)NCCc1ccc(F)cc1. The normalized spacial score (nSPS) is 10.3. The third-order valence-electron chi connectivity index (χ3n) is 3.45. The first kappa shape index (κ1) is 19.0. The van der Waals surface area contributed by atoms with Crippen LogP contribution in [0.5, 0.6) is 0 Å². The van der Waals surface area contributed by atoms with E-state index in [0.717, 1.165) is 16.0 Å². The van der Waals surface area contributed by atoms with Crippen molar-refractivity contribution < 1.29 is 18.7 Å². The van der Waals surface area contributed by atoms with Gasteiger partial charge < -0.3 is 10.1 Å². The number of amides is 1. The van der Waals surface area contributed by atoms with Crippen LogP contribution < -0.4 is 5.32 Å². The van der Waals surface area contributed by atoms with Gasteiger partial charge in [-0.2, -0.15) is 0 Å². The fourth-order valence-electron chi connectivity index (χ4n) is 2.09. The predicted molar refractivity (Wildman–Crippen MR) is 96.0 cm³/mol. The van der Waals surface area contributed by atoms with Gasteiger partial charge in [0.05, 0.1) is 5.75 Å². The number of hydrogen-bond acceptors (Lipinski definition) is 4. The Balaban J connectivity index is 1.61. The molecule has 0 saturated carbocycles. The average molecular weight is 361 g/mol. The zero-order valence-corrected chi connectivity index (χ0v) is 14.8. The largest absolute Gasteiger partial charge is 0.455 e. The molecule has 1 N–H and O–H groups in total. The molecule has 0 radical (unpaired) electrons. The van der Waals surface area contributed by atoms with E-state index in [2.05, 4.69) is 5.32 Å².